The fourth-order valence-electron chi connectivity index (χ4n) is 2.08. The van der Waals surface area contributed by atoms with Gasteiger partial charge in [-0.1, -0.05) is 6.92 Å². The van der Waals surface area contributed by atoms with Crippen LogP contribution >= 0.6 is 0 Å². The van der Waals surface area contributed by atoms with Gasteiger partial charge >= 0.3 is 14.8 Å². The van der Waals surface area contributed by atoms with Gasteiger partial charge < -0.3 is 13.3 Å². The quantitative estimate of drug-likeness (QED) is 0.546. The monoisotopic (exact) mass is 319 g/mol. The zero-order valence-electron chi connectivity index (χ0n) is 14.5. The summed E-state index contributed by atoms with van der Waals surface area (Å²) < 4.78 is 18.1. The van der Waals surface area contributed by atoms with Crippen LogP contribution in [0.2, 0.25) is 6.04 Å². The molecule has 125 valence electrons. The minimum Gasteiger partial charge on any atom is -0.371 e. The molecule has 0 spiro atoms. The molecule has 0 aliphatic carbocycles. The second-order valence-electron chi connectivity index (χ2n) is 6.30. The van der Waals surface area contributed by atoms with Crippen LogP contribution in [0.15, 0.2) is 0 Å². The molecule has 0 heterocycles. The molecule has 0 aromatic rings. The summed E-state index contributed by atoms with van der Waals surface area (Å²) >= 11 is 0. The highest BCUT2D eigenvalue weighted by Gasteiger charge is 2.43. The lowest BCUT2D eigenvalue weighted by Crippen LogP contribution is -2.50. The number of carbonyl (C=O) groups is 1. The molecule has 0 fully saturated rings. The average molecular weight is 319 g/mol. The smallest absolute Gasteiger partial charge is 0.371 e. The third kappa shape index (κ3) is 9.24. The standard InChI is InChI=1S/C15H31O5Si/c1-11(2)18-21(19-12(3)4,20-13(5)6)10-8-9-14(7)15(16)17/h11-14H,8-10H2,1-7H3. The molecule has 1 unspecified atom stereocenters. The summed E-state index contributed by atoms with van der Waals surface area (Å²) in [5.74, 6) is -1.48. The molecule has 1 radical (unpaired) electrons. The largest absolute Gasteiger partial charge is 0.501 e. The van der Waals surface area contributed by atoms with Gasteiger partial charge in [0, 0.05) is 24.4 Å². The van der Waals surface area contributed by atoms with Gasteiger partial charge in [0.2, 0.25) is 0 Å². The van der Waals surface area contributed by atoms with Crippen LogP contribution in [0, 0.1) is 5.92 Å². The third-order valence-corrected chi connectivity index (χ3v) is 6.23. The molecule has 5 nitrogen and oxygen atoms in total. The molecule has 0 aromatic carbocycles. The van der Waals surface area contributed by atoms with Gasteiger partial charge in [-0.05, 0) is 54.4 Å². The Balaban J connectivity index is 4.84. The predicted molar refractivity (Wildman–Crippen MR) is 83.3 cm³/mol. The first-order valence-electron chi connectivity index (χ1n) is 7.82. The van der Waals surface area contributed by atoms with Gasteiger partial charge in [0.25, 0.3) is 0 Å². The summed E-state index contributed by atoms with van der Waals surface area (Å²) in [7, 11) is -2.80. The maximum absolute atomic E-state index is 10.8. The highest BCUT2D eigenvalue weighted by Crippen LogP contribution is 2.25. The molecule has 21 heavy (non-hydrogen) atoms. The molecular weight excluding hydrogens is 288 g/mol. The van der Waals surface area contributed by atoms with Crippen molar-refractivity contribution in [2.24, 2.45) is 5.92 Å². The lowest BCUT2D eigenvalue weighted by atomic mass is 10.1. The molecule has 0 aliphatic heterocycles. The molecule has 1 atom stereocenters. The Morgan fingerprint density at radius 2 is 1.24 bits per heavy atom. The van der Waals surface area contributed by atoms with Crippen LogP contribution in [0.3, 0.4) is 0 Å². The molecule has 0 aromatic heterocycles. The predicted octanol–water partition coefficient (Wildman–Crippen LogP) is 3.57. The van der Waals surface area contributed by atoms with Gasteiger partial charge in [0.15, 0.2) is 0 Å². The van der Waals surface area contributed by atoms with Crippen molar-refractivity contribution < 1.29 is 23.2 Å². The van der Waals surface area contributed by atoms with E-state index in [-0.39, 0.29) is 18.3 Å². The van der Waals surface area contributed by atoms with Gasteiger partial charge in [-0.25, -0.2) is 9.90 Å². The van der Waals surface area contributed by atoms with Crippen molar-refractivity contribution in [1.82, 2.24) is 0 Å². The van der Waals surface area contributed by atoms with E-state index in [0.717, 1.165) is 0 Å². The first-order valence-corrected chi connectivity index (χ1v) is 9.75. The summed E-state index contributed by atoms with van der Waals surface area (Å²) in [5, 5.41) is 10.8. The minimum absolute atomic E-state index is 0.00716. The van der Waals surface area contributed by atoms with Crippen molar-refractivity contribution >= 4 is 14.8 Å². The van der Waals surface area contributed by atoms with E-state index < -0.39 is 20.7 Å². The summed E-state index contributed by atoms with van der Waals surface area (Å²) in [5.41, 5.74) is 0. The Labute approximate surface area is 130 Å². The maximum atomic E-state index is 10.8. The summed E-state index contributed by atoms with van der Waals surface area (Å²) in [4.78, 5) is 10.8. The molecule has 6 heteroatoms. The second-order valence-corrected chi connectivity index (χ2v) is 8.87. The van der Waals surface area contributed by atoms with E-state index in [1.165, 1.54) is 0 Å². The molecule has 0 bridgehead atoms. The Bertz CT molecular complexity index is 278. The van der Waals surface area contributed by atoms with E-state index in [4.69, 9.17) is 13.3 Å². The molecule has 0 rings (SSSR count). The van der Waals surface area contributed by atoms with Crippen LogP contribution < -0.4 is 0 Å². The van der Waals surface area contributed by atoms with Crippen molar-refractivity contribution in [2.75, 3.05) is 0 Å². The van der Waals surface area contributed by atoms with Gasteiger partial charge in [-0.2, -0.15) is 0 Å². The summed E-state index contributed by atoms with van der Waals surface area (Å²) in [6.07, 6.45) is 1.25. The van der Waals surface area contributed by atoms with Gasteiger partial charge in [0.1, 0.15) is 0 Å². The van der Waals surface area contributed by atoms with Crippen LogP contribution in [-0.4, -0.2) is 33.1 Å². The molecule has 0 saturated heterocycles. The van der Waals surface area contributed by atoms with Crippen molar-refractivity contribution in [1.29, 1.82) is 0 Å². The molecule has 0 amide bonds. The zero-order valence-corrected chi connectivity index (χ0v) is 15.5. The SMILES string of the molecule is CC(C)O[Si](CCCC(C)C([O])=O)(OC(C)C)OC(C)C. The average Bonchev–Trinajstić information content (AvgIpc) is 2.24. The van der Waals surface area contributed by atoms with Crippen LogP contribution in [0.1, 0.15) is 61.3 Å². The third-order valence-electron chi connectivity index (χ3n) is 2.77. The van der Waals surface area contributed by atoms with Crippen LogP contribution in [0.25, 0.3) is 0 Å². The normalized spacial score (nSPS) is 14.2. The van der Waals surface area contributed by atoms with E-state index in [2.05, 4.69) is 0 Å². The molecular formula is C15H31O5Si. The lowest BCUT2D eigenvalue weighted by Gasteiger charge is -2.34. The van der Waals surface area contributed by atoms with E-state index in [9.17, 15) is 9.90 Å². The van der Waals surface area contributed by atoms with E-state index >= 15 is 0 Å². The van der Waals surface area contributed by atoms with Crippen LogP contribution in [0.5, 0.6) is 0 Å². The molecule has 0 N–H and O–H groups in total. The number of carbonyl (C=O) groups excluding carboxylic acids is 1. The fraction of sp³-hybridized carbons (Fsp3) is 0.933. The summed E-state index contributed by atoms with van der Waals surface area (Å²) in [6, 6.07) is 0.624. The minimum atomic E-state index is -2.80. The second kappa shape index (κ2) is 9.56. The van der Waals surface area contributed by atoms with Gasteiger partial charge in [0.05, 0.1) is 5.92 Å². The van der Waals surface area contributed by atoms with Crippen molar-refractivity contribution in [3.63, 3.8) is 0 Å². The van der Waals surface area contributed by atoms with Crippen LogP contribution in [0.4, 0.5) is 0 Å². The van der Waals surface area contributed by atoms with Crippen molar-refractivity contribution in [2.45, 2.75) is 85.7 Å². The Morgan fingerprint density at radius 1 is 0.857 bits per heavy atom. The van der Waals surface area contributed by atoms with E-state index in [0.29, 0.717) is 18.9 Å². The Morgan fingerprint density at radius 3 is 1.52 bits per heavy atom. The van der Waals surface area contributed by atoms with Crippen LogP contribution in [-0.2, 0) is 23.2 Å². The Hall–Kier alpha value is -0.433. The topological polar surface area (TPSA) is 64.7 Å². The Kier molecular flexibility index (Phi) is 9.36. The molecule has 0 saturated carbocycles. The highest BCUT2D eigenvalue weighted by atomic mass is 28.4. The molecule has 0 aliphatic rings. The first-order chi connectivity index (χ1) is 9.58. The maximum Gasteiger partial charge on any atom is 0.501 e. The van der Waals surface area contributed by atoms with Gasteiger partial charge in [-0.15, -0.1) is 0 Å². The first kappa shape index (κ1) is 20.6. The summed E-state index contributed by atoms with van der Waals surface area (Å²) in [6.45, 7) is 13.4. The van der Waals surface area contributed by atoms with Gasteiger partial charge in [-0.3, -0.25) is 0 Å². The van der Waals surface area contributed by atoms with Crippen molar-refractivity contribution in [3.05, 3.63) is 0 Å². The van der Waals surface area contributed by atoms with E-state index in [1.54, 1.807) is 6.92 Å². The fourth-order valence-corrected chi connectivity index (χ4v) is 5.39. The zero-order chi connectivity index (χ0) is 16.6. The van der Waals surface area contributed by atoms with E-state index in [1.807, 2.05) is 41.5 Å². The number of rotatable bonds is 11. The number of hydrogen-bond acceptors (Lipinski definition) is 4. The highest BCUT2D eigenvalue weighted by molar-refractivity contribution is 6.60. The van der Waals surface area contributed by atoms with Crippen molar-refractivity contribution in [3.8, 4) is 0 Å². The lowest BCUT2D eigenvalue weighted by molar-refractivity contribution is -0.147. The number of hydrogen-bond donors (Lipinski definition) is 0.